The highest BCUT2D eigenvalue weighted by atomic mass is 16.1. The van der Waals surface area contributed by atoms with Gasteiger partial charge in [0.1, 0.15) is 0 Å². The summed E-state index contributed by atoms with van der Waals surface area (Å²) in [6.07, 6.45) is 4.02. The van der Waals surface area contributed by atoms with Crippen LogP contribution >= 0.6 is 0 Å². The predicted molar refractivity (Wildman–Crippen MR) is 48.6 cm³/mol. The molecule has 1 rings (SSSR count). The standard InChI is InChI=1S/C9H18N2O/c1-9(4-2-3-5-10)6-8(12)11-7-9/h2-7,10H2,1H3,(H,11,12). The van der Waals surface area contributed by atoms with Crippen molar-refractivity contribution in [1.29, 1.82) is 0 Å². The van der Waals surface area contributed by atoms with Crippen LogP contribution in [0.4, 0.5) is 0 Å². The maximum atomic E-state index is 11.0. The van der Waals surface area contributed by atoms with E-state index in [-0.39, 0.29) is 11.3 Å². The molecule has 1 heterocycles. The number of carbonyl (C=O) groups excluding carboxylic acids is 1. The average molecular weight is 170 g/mol. The van der Waals surface area contributed by atoms with Crippen molar-refractivity contribution in [1.82, 2.24) is 5.32 Å². The molecule has 0 bridgehead atoms. The normalized spacial score (nSPS) is 29.0. The molecule has 0 aromatic rings. The first kappa shape index (κ1) is 9.52. The van der Waals surface area contributed by atoms with E-state index in [1.54, 1.807) is 0 Å². The molecule has 0 aromatic carbocycles. The van der Waals surface area contributed by atoms with Crippen LogP contribution in [0.3, 0.4) is 0 Å². The second kappa shape index (κ2) is 3.90. The van der Waals surface area contributed by atoms with Crippen molar-refractivity contribution in [3.8, 4) is 0 Å². The van der Waals surface area contributed by atoms with Gasteiger partial charge in [0.25, 0.3) is 0 Å². The van der Waals surface area contributed by atoms with Gasteiger partial charge in [0.05, 0.1) is 0 Å². The van der Waals surface area contributed by atoms with Crippen LogP contribution in [0.1, 0.15) is 32.6 Å². The van der Waals surface area contributed by atoms with E-state index in [1.807, 2.05) is 0 Å². The van der Waals surface area contributed by atoms with Crippen molar-refractivity contribution >= 4 is 5.91 Å². The molecule has 1 atom stereocenters. The van der Waals surface area contributed by atoms with Gasteiger partial charge in [-0.1, -0.05) is 13.3 Å². The maximum absolute atomic E-state index is 11.0. The Morgan fingerprint density at radius 3 is 2.83 bits per heavy atom. The SMILES string of the molecule is CC1(CCCCN)CNC(=O)C1. The molecular weight excluding hydrogens is 152 g/mol. The minimum Gasteiger partial charge on any atom is -0.356 e. The lowest BCUT2D eigenvalue weighted by Gasteiger charge is -2.20. The van der Waals surface area contributed by atoms with Crippen LogP contribution < -0.4 is 11.1 Å². The first-order valence-corrected chi connectivity index (χ1v) is 4.63. The van der Waals surface area contributed by atoms with Gasteiger partial charge in [0, 0.05) is 13.0 Å². The fraction of sp³-hybridized carbons (Fsp3) is 0.889. The monoisotopic (exact) mass is 170 g/mol. The Bertz CT molecular complexity index is 170. The number of carbonyl (C=O) groups is 1. The summed E-state index contributed by atoms with van der Waals surface area (Å²) < 4.78 is 0. The van der Waals surface area contributed by atoms with Crippen molar-refractivity contribution in [3.63, 3.8) is 0 Å². The molecule has 70 valence electrons. The number of hydrogen-bond donors (Lipinski definition) is 2. The molecule has 1 unspecified atom stereocenters. The molecule has 3 N–H and O–H groups in total. The Morgan fingerprint density at radius 1 is 1.58 bits per heavy atom. The number of rotatable bonds is 4. The molecule has 1 amide bonds. The third-order valence-electron chi connectivity index (χ3n) is 2.53. The Hall–Kier alpha value is -0.570. The molecule has 1 fully saturated rings. The van der Waals surface area contributed by atoms with Crippen LogP contribution in [0.25, 0.3) is 0 Å². The Labute approximate surface area is 73.7 Å². The molecule has 3 heteroatoms. The highest BCUT2D eigenvalue weighted by molar-refractivity contribution is 5.79. The molecule has 1 aliphatic rings. The van der Waals surface area contributed by atoms with Gasteiger partial charge >= 0.3 is 0 Å². The van der Waals surface area contributed by atoms with E-state index in [0.29, 0.717) is 6.42 Å². The van der Waals surface area contributed by atoms with E-state index >= 15 is 0 Å². The summed E-state index contributed by atoms with van der Waals surface area (Å²) in [7, 11) is 0. The van der Waals surface area contributed by atoms with Crippen molar-refractivity contribution < 1.29 is 4.79 Å². The minimum atomic E-state index is 0.199. The summed E-state index contributed by atoms with van der Waals surface area (Å²) in [5.74, 6) is 0.199. The van der Waals surface area contributed by atoms with Crippen LogP contribution in [0.5, 0.6) is 0 Å². The van der Waals surface area contributed by atoms with E-state index < -0.39 is 0 Å². The summed E-state index contributed by atoms with van der Waals surface area (Å²) in [5, 5.41) is 2.87. The first-order valence-electron chi connectivity index (χ1n) is 4.63. The number of nitrogens with one attached hydrogen (secondary N) is 1. The summed E-state index contributed by atoms with van der Waals surface area (Å²) in [4.78, 5) is 11.0. The van der Waals surface area contributed by atoms with Crippen LogP contribution in [0.2, 0.25) is 0 Å². The molecular formula is C9H18N2O. The molecule has 0 aliphatic carbocycles. The van der Waals surface area contributed by atoms with Gasteiger partial charge in [0.15, 0.2) is 0 Å². The fourth-order valence-corrected chi connectivity index (χ4v) is 1.70. The van der Waals surface area contributed by atoms with Crippen molar-refractivity contribution in [2.45, 2.75) is 32.6 Å². The zero-order valence-corrected chi connectivity index (χ0v) is 7.73. The molecule has 1 saturated heterocycles. The van der Waals surface area contributed by atoms with E-state index in [9.17, 15) is 4.79 Å². The summed E-state index contributed by atoms with van der Waals surface area (Å²) in [6.45, 7) is 3.77. The first-order chi connectivity index (χ1) is 5.66. The zero-order chi connectivity index (χ0) is 9.03. The van der Waals surface area contributed by atoms with Crippen LogP contribution in [-0.4, -0.2) is 19.0 Å². The van der Waals surface area contributed by atoms with E-state index in [4.69, 9.17) is 5.73 Å². The van der Waals surface area contributed by atoms with Crippen molar-refractivity contribution in [3.05, 3.63) is 0 Å². The van der Waals surface area contributed by atoms with Crippen LogP contribution in [-0.2, 0) is 4.79 Å². The Balaban J connectivity index is 2.25. The molecule has 0 saturated carbocycles. The fourth-order valence-electron chi connectivity index (χ4n) is 1.70. The minimum absolute atomic E-state index is 0.199. The second-order valence-corrected chi connectivity index (χ2v) is 4.01. The lowest BCUT2D eigenvalue weighted by molar-refractivity contribution is -0.119. The lowest BCUT2D eigenvalue weighted by atomic mass is 9.84. The largest absolute Gasteiger partial charge is 0.356 e. The van der Waals surface area contributed by atoms with E-state index in [2.05, 4.69) is 12.2 Å². The molecule has 1 aliphatic heterocycles. The van der Waals surface area contributed by atoms with Crippen molar-refractivity contribution in [2.75, 3.05) is 13.1 Å². The zero-order valence-electron chi connectivity index (χ0n) is 7.73. The molecule has 12 heavy (non-hydrogen) atoms. The van der Waals surface area contributed by atoms with Gasteiger partial charge in [-0.3, -0.25) is 4.79 Å². The number of hydrogen-bond acceptors (Lipinski definition) is 2. The van der Waals surface area contributed by atoms with Gasteiger partial charge in [-0.15, -0.1) is 0 Å². The molecule has 3 nitrogen and oxygen atoms in total. The Kier molecular flexibility index (Phi) is 3.09. The highest BCUT2D eigenvalue weighted by Gasteiger charge is 2.32. The van der Waals surface area contributed by atoms with Crippen LogP contribution in [0, 0.1) is 5.41 Å². The van der Waals surface area contributed by atoms with E-state index in [1.165, 1.54) is 0 Å². The summed E-state index contributed by atoms with van der Waals surface area (Å²) in [6, 6.07) is 0. The summed E-state index contributed by atoms with van der Waals surface area (Å²) in [5.41, 5.74) is 5.60. The predicted octanol–water partition coefficient (Wildman–Crippen LogP) is 0.642. The van der Waals surface area contributed by atoms with Crippen LogP contribution in [0.15, 0.2) is 0 Å². The lowest BCUT2D eigenvalue weighted by Crippen LogP contribution is -2.20. The summed E-state index contributed by atoms with van der Waals surface area (Å²) >= 11 is 0. The Morgan fingerprint density at radius 2 is 2.33 bits per heavy atom. The highest BCUT2D eigenvalue weighted by Crippen LogP contribution is 2.30. The van der Waals surface area contributed by atoms with Crippen molar-refractivity contribution in [2.24, 2.45) is 11.1 Å². The topological polar surface area (TPSA) is 55.1 Å². The van der Waals surface area contributed by atoms with Gasteiger partial charge < -0.3 is 11.1 Å². The third kappa shape index (κ3) is 2.48. The van der Waals surface area contributed by atoms with Gasteiger partial charge in [-0.05, 0) is 24.8 Å². The molecule has 0 spiro atoms. The number of unbranched alkanes of at least 4 members (excludes halogenated alkanes) is 1. The number of nitrogens with two attached hydrogens (primary N) is 1. The maximum Gasteiger partial charge on any atom is 0.220 e. The number of amides is 1. The van der Waals surface area contributed by atoms with Gasteiger partial charge in [-0.25, -0.2) is 0 Å². The third-order valence-corrected chi connectivity index (χ3v) is 2.53. The second-order valence-electron chi connectivity index (χ2n) is 4.01. The molecule has 0 aromatic heterocycles. The quantitative estimate of drug-likeness (QED) is 0.608. The smallest absolute Gasteiger partial charge is 0.220 e. The van der Waals surface area contributed by atoms with Gasteiger partial charge in [0.2, 0.25) is 5.91 Å². The van der Waals surface area contributed by atoms with Gasteiger partial charge in [-0.2, -0.15) is 0 Å². The molecule has 0 radical (unpaired) electrons. The van der Waals surface area contributed by atoms with E-state index in [0.717, 1.165) is 32.4 Å². The average Bonchev–Trinajstić information content (AvgIpc) is 2.32.